The quantitative estimate of drug-likeness (QED) is 0.814. The number of sulfonamides is 1. The molecule has 2 aromatic carbocycles. The van der Waals surface area contributed by atoms with Crippen LogP contribution in [-0.4, -0.2) is 14.3 Å². The Balaban J connectivity index is 2.81. The molecule has 2 rings (SSSR count). The van der Waals surface area contributed by atoms with Gasteiger partial charge in [0.1, 0.15) is 0 Å². The van der Waals surface area contributed by atoms with E-state index in [1.807, 2.05) is 0 Å². The lowest BCUT2D eigenvalue weighted by atomic mass is 10.1. The molecule has 88 valence electrons. The maximum Gasteiger partial charge on any atom is 0.248 e. The van der Waals surface area contributed by atoms with Crippen LogP contribution in [0.25, 0.3) is 10.8 Å². The van der Waals surface area contributed by atoms with Crippen LogP contribution in [0.15, 0.2) is 41.3 Å². The standard InChI is InChI=1S/C11H10N2O3S/c12-11(14)8-4-5-9-7(6-8)2-1-3-10(9)17(13,15)16/h1-6H,(H2,12,14)(H2,13,15,16). The molecule has 0 aliphatic heterocycles. The number of primary sulfonamides is 1. The molecule has 0 spiro atoms. The van der Waals surface area contributed by atoms with Crippen molar-refractivity contribution in [3.63, 3.8) is 0 Å². The highest BCUT2D eigenvalue weighted by Gasteiger charge is 2.12. The minimum atomic E-state index is -3.78. The fourth-order valence-corrected chi connectivity index (χ4v) is 2.42. The molecule has 6 heteroatoms. The lowest BCUT2D eigenvalue weighted by molar-refractivity contribution is 0.100. The van der Waals surface area contributed by atoms with Crippen molar-refractivity contribution in [1.29, 1.82) is 0 Å². The molecule has 0 unspecified atom stereocenters. The van der Waals surface area contributed by atoms with E-state index in [1.165, 1.54) is 24.3 Å². The topological polar surface area (TPSA) is 103 Å². The van der Waals surface area contributed by atoms with Crippen LogP contribution >= 0.6 is 0 Å². The molecule has 0 heterocycles. The van der Waals surface area contributed by atoms with Crippen molar-refractivity contribution in [1.82, 2.24) is 0 Å². The number of primary amides is 1. The van der Waals surface area contributed by atoms with E-state index in [4.69, 9.17) is 10.9 Å². The van der Waals surface area contributed by atoms with E-state index in [1.54, 1.807) is 12.1 Å². The number of carbonyl (C=O) groups excluding carboxylic acids is 1. The minimum Gasteiger partial charge on any atom is -0.366 e. The van der Waals surface area contributed by atoms with E-state index in [0.29, 0.717) is 16.3 Å². The summed E-state index contributed by atoms with van der Waals surface area (Å²) in [7, 11) is -3.78. The Bertz CT molecular complexity index is 708. The predicted octanol–water partition coefficient (Wildman–Crippen LogP) is 0.586. The zero-order valence-electron chi connectivity index (χ0n) is 8.75. The van der Waals surface area contributed by atoms with Crippen molar-refractivity contribution in [2.75, 3.05) is 0 Å². The summed E-state index contributed by atoms with van der Waals surface area (Å²) in [5, 5.41) is 6.18. The Labute approximate surface area is 98.1 Å². The molecule has 2 aromatic rings. The molecule has 17 heavy (non-hydrogen) atoms. The number of hydrogen-bond donors (Lipinski definition) is 2. The Hall–Kier alpha value is -1.92. The van der Waals surface area contributed by atoms with Gasteiger partial charge in [0.2, 0.25) is 15.9 Å². The molecule has 4 N–H and O–H groups in total. The van der Waals surface area contributed by atoms with Crippen molar-refractivity contribution in [3.8, 4) is 0 Å². The maximum absolute atomic E-state index is 11.4. The summed E-state index contributed by atoms with van der Waals surface area (Å²) in [6.45, 7) is 0. The number of amides is 1. The van der Waals surface area contributed by atoms with E-state index >= 15 is 0 Å². The Kier molecular flexibility index (Phi) is 2.60. The SMILES string of the molecule is NC(=O)c1ccc2c(S(N)(=O)=O)cccc2c1. The van der Waals surface area contributed by atoms with E-state index in [9.17, 15) is 13.2 Å². The van der Waals surface area contributed by atoms with Crippen LogP contribution in [0.3, 0.4) is 0 Å². The number of fused-ring (bicyclic) bond motifs is 1. The van der Waals surface area contributed by atoms with E-state index < -0.39 is 15.9 Å². The van der Waals surface area contributed by atoms with Crippen LogP contribution in [0.1, 0.15) is 10.4 Å². The van der Waals surface area contributed by atoms with Gasteiger partial charge in [-0.1, -0.05) is 18.2 Å². The summed E-state index contributed by atoms with van der Waals surface area (Å²) in [5.41, 5.74) is 5.47. The third kappa shape index (κ3) is 2.13. The summed E-state index contributed by atoms with van der Waals surface area (Å²) in [4.78, 5) is 11.0. The molecule has 1 amide bonds. The van der Waals surface area contributed by atoms with Crippen LogP contribution in [0.5, 0.6) is 0 Å². The van der Waals surface area contributed by atoms with Crippen LogP contribution in [-0.2, 0) is 10.0 Å². The zero-order chi connectivity index (χ0) is 12.6. The van der Waals surface area contributed by atoms with Crippen LogP contribution < -0.4 is 10.9 Å². The lowest BCUT2D eigenvalue weighted by Crippen LogP contribution is -2.13. The summed E-state index contributed by atoms with van der Waals surface area (Å²) in [6, 6.07) is 9.20. The first-order valence-electron chi connectivity index (χ1n) is 4.75. The van der Waals surface area contributed by atoms with Gasteiger partial charge in [0.05, 0.1) is 4.90 Å². The Morgan fingerprint density at radius 2 is 1.82 bits per heavy atom. The second-order valence-corrected chi connectivity index (χ2v) is 5.13. The molecule has 5 nitrogen and oxygen atoms in total. The van der Waals surface area contributed by atoms with Crippen molar-refractivity contribution >= 4 is 26.7 Å². The highest BCUT2D eigenvalue weighted by molar-refractivity contribution is 7.89. The molecule has 0 saturated heterocycles. The molecule has 0 fully saturated rings. The van der Waals surface area contributed by atoms with E-state index in [2.05, 4.69) is 0 Å². The highest BCUT2D eigenvalue weighted by atomic mass is 32.2. The fourth-order valence-electron chi connectivity index (χ4n) is 1.66. The number of hydrogen-bond acceptors (Lipinski definition) is 3. The van der Waals surface area contributed by atoms with Gasteiger partial charge >= 0.3 is 0 Å². The third-order valence-electron chi connectivity index (χ3n) is 2.43. The molecular weight excluding hydrogens is 240 g/mol. The molecule has 0 aliphatic carbocycles. The average molecular weight is 250 g/mol. The van der Waals surface area contributed by atoms with Crippen molar-refractivity contribution in [3.05, 3.63) is 42.0 Å². The minimum absolute atomic E-state index is 0.0334. The van der Waals surface area contributed by atoms with E-state index in [-0.39, 0.29) is 4.90 Å². The second kappa shape index (κ2) is 3.83. The monoisotopic (exact) mass is 250 g/mol. The van der Waals surface area contributed by atoms with Crippen LogP contribution in [0.2, 0.25) is 0 Å². The number of carbonyl (C=O) groups is 1. The molecule has 0 aliphatic rings. The Morgan fingerprint density at radius 1 is 1.12 bits per heavy atom. The Morgan fingerprint density at radius 3 is 2.41 bits per heavy atom. The van der Waals surface area contributed by atoms with Crippen molar-refractivity contribution in [2.24, 2.45) is 10.9 Å². The molecule has 0 aromatic heterocycles. The zero-order valence-corrected chi connectivity index (χ0v) is 9.57. The van der Waals surface area contributed by atoms with Crippen molar-refractivity contribution in [2.45, 2.75) is 4.90 Å². The molecular formula is C11H10N2O3S. The smallest absolute Gasteiger partial charge is 0.248 e. The van der Waals surface area contributed by atoms with E-state index in [0.717, 1.165) is 0 Å². The predicted molar refractivity (Wildman–Crippen MR) is 63.8 cm³/mol. The summed E-state index contributed by atoms with van der Waals surface area (Å²) in [6.07, 6.45) is 0. The molecule has 0 radical (unpaired) electrons. The molecule has 0 atom stereocenters. The fraction of sp³-hybridized carbons (Fsp3) is 0. The molecule has 0 saturated carbocycles. The first-order valence-corrected chi connectivity index (χ1v) is 6.29. The van der Waals surface area contributed by atoms with Gasteiger partial charge in [0, 0.05) is 10.9 Å². The first kappa shape index (κ1) is 11.6. The van der Waals surface area contributed by atoms with Gasteiger partial charge in [-0.15, -0.1) is 0 Å². The van der Waals surface area contributed by atoms with Gasteiger partial charge in [0.25, 0.3) is 0 Å². The van der Waals surface area contributed by atoms with Gasteiger partial charge in [-0.05, 0) is 23.6 Å². The first-order chi connectivity index (χ1) is 7.89. The normalized spacial score (nSPS) is 11.6. The number of rotatable bonds is 2. The average Bonchev–Trinajstić information content (AvgIpc) is 2.26. The van der Waals surface area contributed by atoms with Gasteiger partial charge in [-0.3, -0.25) is 4.79 Å². The number of nitrogens with two attached hydrogens (primary N) is 2. The largest absolute Gasteiger partial charge is 0.366 e. The highest BCUT2D eigenvalue weighted by Crippen LogP contribution is 2.22. The van der Waals surface area contributed by atoms with Gasteiger partial charge in [-0.2, -0.15) is 0 Å². The maximum atomic E-state index is 11.4. The van der Waals surface area contributed by atoms with Crippen LogP contribution in [0.4, 0.5) is 0 Å². The molecule has 0 bridgehead atoms. The van der Waals surface area contributed by atoms with Crippen molar-refractivity contribution < 1.29 is 13.2 Å². The lowest BCUT2D eigenvalue weighted by Gasteiger charge is -2.05. The number of benzene rings is 2. The summed E-state index contributed by atoms with van der Waals surface area (Å²) >= 11 is 0. The van der Waals surface area contributed by atoms with Gasteiger partial charge < -0.3 is 5.73 Å². The van der Waals surface area contributed by atoms with Gasteiger partial charge in [0.15, 0.2) is 0 Å². The third-order valence-corrected chi connectivity index (χ3v) is 3.40. The van der Waals surface area contributed by atoms with Gasteiger partial charge in [-0.25, -0.2) is 13.6 Å². The summed E-state index contributed by atoms with van der Waals surface area (Å²) < 4.78 is 22.7. The summed E-state index contributed by atoms with van der Waals surface area (Å²) in [5.74, 6) is -0.562. The second-order valence-electron chi connectivity index (χ2n) is 3.60. The van der Waals surface area contributed by atoms with Crippen LogP contribution in [0, 0.1) is 0 Å².